The topological polar surface area (TPSA) is 78.0 Å². The Balaban J connectivity index is 1.39. The number of H-pyrrole nitrogens is 1. The van der Waals surface area contributed by atoms with Crippen molar-refractivity contribution in [3.8, 4) is 11.5 Å². The minimum atomic E-state index is -0.231. The molecule has 1 saturated heterocycles. The number of rotatable bonds is 6. The Morgan fingerprint density at radius 1 is 0.973 bits per heavy atom. The van der Waals surface area contributed by atoms with Gasteiger partial charge in [0.05, 0.1) is 26.9 Å². The highest BCUT2D eigenvalue weighted by Crippen LogP contribution is 2.49. The molecule has 3 aromatic carbocycles. The summed E-state index contributed by atoms with van der Waals surface area (Å²) in [6.07, 6.45) is 0. The molecule has 2 aliphatic heterocycles. The van der Waals surface area contributed by atoms with Crippen LogP contribution < -0.4 is 9.47 Å². The van der Waals surface area contributed by atoms with Crippen molar-refractivity contribution in [3.63, 3.8) is 0 Å². The smallest absolute Gasteiger partial charge is 0.253 e. The third-order valence-corrected chi connectivity index (χ3v) is 7.86. The molecule has 0 aliphatic carbocycles. The van der Waals surface area contributed by atoms with E-state index >= 15 is 0 Å². The number of carbonyl (C=O) groups is 1. The summed E-state index contributed by atoms with van der Waals surface area (Å²) in [5.74, 6) is 1.66. The van der Waals surface area contributed by atoms with E-state index in [1.807, 2.05) is 59.5 Å². The van der Waals surface area contributed by atoms with Gasteiger partial charge in [-0.05, 0) is 47.5 Å². The lowest BCUT2D eigenvalue weighted by molar-refractivity contribution is -0.00275. The van der Waals surface area contributed by atoms with Gasteiger partial charge >= 0.3 is 0 Å². The molecule has 1 spiro atoms. The van der Waals surface area contributed by atoms with Crippen LogP contribution in [0.4, 0.5) is 0 Å². The van der Waals surface area contributed by atoms with Crippen LogP contribution in [0.25, 0.3) is 10.9 Å². The van der Waals surface area contributed by atoms with Gasteiger partial charge in [0.2, 0.25) is 0 Å². The number of nitrogens with zero attached hydrogens (tertiary/aromatic N) is 2. The van der Waals surface area contributed by atoms with E-state index in [2.05, 4.69) is 28.1 Å². The van der Waals surface area contributed by atoms with Crippen molar-refractivity contribution < 1.29 is 19.4 Å². The number of hydrogen-bond acceptors (Lipinski definition) is 5. The Morgan fingerprint density at radius 2 is 1.68 bits per heavy atom. The number of aromatic amines is 1. The number of aromatic nitrogens is 1. The van der Waals surface area contributed by atoms with Gasteiger partial charge in [-0.3, -0.25) is 9.69 Å². The van der Waals surface area contributed by atoms with Gasteiger partial charge in [-0.1, -0.05) is 30.3 Å². The Bertz CT molecular complexity index is 1420. The standard InChI is InChI=1S/C30H31N3O4/c1-36-22-10-8-20(9-11-22)15-32-17-30(18-33(19-30)29(35)21-6-4-3-5-7-21)27-24-13-12-23(37-2)14-25(24)31-28(27)26(32)16-34/h3-14,26,31,34H,15-19H2,1-2H3/t26-/m0/s1. The average molecular weight is 498 g/mol. The quantitative estimate of drug-likeness (QED) is 0.419. The number of methoxy groups -OCH3 is 2. The summed E-state index contributed by atoms with van der Waals surface area (Å²) in [4.78, 5) is 21.1. The fourth-order valence-electron chi connectivity index (χ4n) is 6.09. The molecule has 7 heteroatoms. The predicted octanol–water partition coefficient (Wildman–Crippen LogP) is 4.13. The molecule has 2 aliphatic rings. The zero-order chi connectivity index (χ0) is 25.6. The van der Waals surface area contributed by atoms with Crippen LogP contribution in [0.2, 0.25) is 0 Å². The SMILES string of the molecule is COc1ccc(CN2CC3(CN(C(=O)c4ccccc4)C3)c3c([nH]c4cc(OC)ccc34)[C@@H]2CO)cc1. The molecule has 37 heavy (non-hydrogen) atoms. The molecule has 1 fully saturated rings. The van der Waals surface area contributed by atoms with Crippen molar-refractivity contribution in [1.29, 1.82) is 0 Å². The molecule has 1 amide bonds. The van der Waals surface area contributed by atoms with E-state index < -0.39 is 0 Å². The van der Waals surface area contributed by atoms with E-state index in [0.717, 1.165) is 40.2 Å². The zero-order valence-corrected chi connectivity index (χ0v) is 21.1. The van der Waals surface area contributed by atoms with Crippen molar-refractivity contribution >= 4 is 16.8 Å². The molecule has 1 aromatic heterocycles. The molecule has 0 radical (unpaired) electrons. The van der Waals surface area contributed by atoms with Crippen LogP contribution in [-0.2, 0) is 12.0 Å². The molecule has 6 rings (SSSR count). The molecule has 4 aromatic rings. The summed E-state index contributed by atoms with van der Waals surface area (Å²) < 4.78 is 10.8. The predicted molar refractivity (Wildman–Crippen MR) is 142 cm³/mol. The Labute approximate surface area is 216 Å². The number of hydrogen-bond donors (Lipinski definition) is 2. The van der Waals surface area contributed by atoms with Crippen LogP contribution in [-0.4, -0.2) is 66.3 Å². The van der Waals surface area contributed by atoms with Crippen LogP contribution in [0.5, 0.6) is 11.5 Å². The number of carbonyl (C=O) groups excluding carboxylic acids is 1. The van der Waals surface area contributed by atoms with E-state index in [1.165, 1.54) is 5.56 Å². The number of amides is 1. The number of ether oxygens (including phenoxy) is 2. The van der Waals surface area contributed by atoms with E-state index in [4.69, 9.17) is 9.47 Å². The maximum atomic E-state index is 13.2. The summed E-state index contributed by atoms with van der Waals surface area (Å²) in [6, 6.07) is 23.4. The number of aliphatic hydroxyl groups is 1. The molecule has 0 bridgehead atoms. The van der Waals surface area contributed by atoms with Crippen molar-refractivity contribution in [2.45, 2.75) is 18.0 Å². The first-order valence-corrected chi connectivity index (χ1v) is 12.6. The van der Waals surface area contributed by atoms with Gasteiger partial charge in [-0.2, -0.15) is 0 Å². The molecule has 0 saturated carbocycles. The van der Waals surface area contributed by atoms with Crippen LogP contribution in [0.1, 0.15) is 33.2 Å². The second kappa shape index (κ2) is 9.25. The minimum Gasteiger partial charge on any atom is -0.497 e. The lowest BCUT2D eigenvalue weighted by Gasteiger charge is -2.56. The maximum Gasteiger partial charge on any atom is 0.253 e. The minimum absolute atomic E-state index is 0.00412. The average Bonchev–Trinajstić information content (AvgIpc) is 3.30. The Morgan fingerprint density at radius 3 is 2.35 bits per heavy atom. The lowest BCUT2D eigenvalue weighted by atomic mass is 9.68. The van der Waals surface area contributed by atoms with Crippen molar-refractivity contribution in [3.05, 3.63) is 95.2 Å². The number of nitrogens with one attached hydrogen (secondary N) is 1. The van der Waals surface area contributed by atoms with Gasteiger partial charge in [-0.15, -0.1) is 0 Å². The van der Waals surface area contributed by atoms with Crippen molar-refractivity contribution in [2.24, 2.45) is 0 Å². The van der Waals surface area contributed by atoms with E-state index in [-0.39, 0.29) is 24.0 Å². The third-order valence-electron chi connectivity index (χ3n) is 7.86. The van der Waals surface area contributed by atoms with Crippen LogP contribution in [0.15, 0.2) is 72.8 Å². The zero-order valence-electron chi connectivity index (χ0n) is 21.1. The first-order chi connectivity index (χ1) is 18.0. The number of fused-ring (bicyclic) bond motifs is 4. The van der Waals surface area contributed by atoms with Crippen molar-refractivity contribution in [2.75, 3.05) is 40.5 Å². The van der Waals surface area contributed by atoms with Gasteiger partial charge in [-0.25, -0.2) is 0 Å². The molecule has 190 valence electrons. The van der Waals surface area contributed by atoms with E-state index in [9.17, 15) is 9.90 Å². The summed E-state index contributed by atoms with van der Waals surface area (Å²) in [5, 5.41) is 11.7. The molecule has 0 unspecified atom stereocenters. The van der Waals surface area contributed by atoms with Gasteiger partial charge in [0.15, 0.2) is 0 Å². The fraction of sp³-hybridized carbons (Fsp3) is 0.300. The van der Waals surface area contributed by atoms with Crippen LogP contribution >= 0.6 is 0 Å². The highest BCUT2D eigenvalue weighted by Gasteiger charge is 2.54. The summed E-state index contributed by atoms with van der Waals surface area (Å²) in [6.45, 7) is 2.68. The number of aliphatic hydroxyl groups excluding tert-OH is 1. The maximum absolute atomic E-state index is 13.2. The molecule has 3 heterocycles. The Hall–Kier alpha value is -3.81. The fourth-order valence-corrected chi connectivity index (χ4v) is 6.09. The second-order valence-corrected chi connectivity index (χ2v) is 10.1. The first kappa shape index (κ1) is 23.6. The molecule has 7 nitrogen and oxygen atoms in total. The largest absolute Gasteiger partial charge is 0.497 e. The first-order valence-electron chi connectivity index (χ1n) is 12.6. The van der Waals surface area contributed by atoms with Crippen LogP contribution in [0, 0.1) is 0 Å². The summed E-state index contributed by atoms with van der Waals surface area (Å²) >= 11 is 0. The lowest BCUT2D eigenvalue weighted by Crippen LogP contribution is -2.67. The molecule has 1 atom stereocenters. The second-order valence-electron chi connectivity index (χ2n) is 10.1. The van der Waals surface area contributed by atoms with Crippen LogP contribution in [0.3, 0.4) is 0 Å². The third kappa shape index (κ3) is 3.95. The van der Waals surface area contributed by atoms with Gasteiger partial charge in [0.25, 0.3) is 5.91 Å². The van der Waals surface area contributed by atoms with Gasteiger partial charge in [0.1, 0.15) is 11.5 Å². The highest BCUT2D eigenvalue weighted by atomic mass is 16.5. The molecular formula is C30H31N3O4. The van der Waals surface area contributed by atoms with Gasteiger partial charge < -0.3 is 24.5 Å². The summed E-state index contributed by atoms with van der Waals surface area (Å²) in [7, 11) is 3.33. The van der Waals surface area contributed by atoms with Crippen molar-refractivity contribution in [1.82, 2.24) is 14.8 Å². The number of likely N-dealkylation sites (tertiary alicyclic amines) is 1. The summed E-state index contributed by atoms with van der Waals surface area (Å²) in [5.41, 5.74) is 4.85. The normalized spacial score (nSPS) is 18.5. The monoisotopic (exact) mass is 497 g/mol. The molecule has 2 N–H and O–H groups in total. The van der Waals surface area contributed by atoms with E-state index in [0.29, 0.717) is 25.2 Å². The van der Waals surface area contributed by atoms with Gasteiger partial charge in [0, 0.05) is 59.8 Å². The highest BCUT2D eigenvalue weighted by molar-refractivity contribution is 5.96. The number of benzene rings is 3. The van der Waals surface area contributed by atoms with E-state index in [1.54, 1.807) is 14.2 Å². The molecular weight excluding hydrogens is 466 g/mol. The Kier molecular flexibility index (Phi) is 5.89.